The van der Waals surface area contributed by atoms with Gasteiger partial charge in [0.2, 0.25) is 0 Å². The molecule has 1 N–H and O–H groups in total. The van der Waals surface area contributed by atoms with Crippen molar-refractivity contribution in [3.05, 3.63) is 35.4 Å². The first-order valence-electron chi connectivity index (χ1n) is 6.21. The molecule has 0 bridgehead atoms. The fourth-order valence-corrected chi connectivity index (χ4v) is 3.18. The Kier molecular flexibility index (Phi) is 2.23. The lowest BCUT2D eigenvalue weighted by Gasteiger charge is -2.29. The topological polar surface area (TPSA) is 27.1 Å². The smallest absolute Gasteiger partial charge is 0.128 e. The Balaban J connectivity index is 1.89. The van der Waals surface area contributed by atoms with Crippen molar-refractivity contribution in [1.82, 2.24) is 4.90 Å². The molecule has 0 saturated heterocycles. The van der Waals surface area contributed by atoms with Gasteiger partial charge in [0.1, 0.15) is 5.84 Å². The maximum atomic E-state index is 8.27. The van der Waals surface area contributed by atoms with Crippen LogP contribution in [0.5, 0.6) is 0 Å². The van der Waals surface area contributed by atoms with Crippen LogP contribution in [0.25, 0.3) is 0 Å². The Labute approximate surface area is 96.8 Å². The third-order valence-corrected chi connectivity index (χ3v) is 4.12. The molecule has 2 atom stereocenters. The SMILES string of the molecule is CC1CCCC1N1Cc2ccccc2C1=N. The normalized spacial score (nSPS) is 28.6. The van der Waals surface area contributed by atoms with E-state index in [2.05, 4.69) is 30.0 Å². The number of benzene rings is 1. The molecule has 1 saturated carbocycles. The van der Waals surface area contributed by atoms with Gasteiger partial charge in [-0.05, 0) is 24.3 Å². The molecule has 3 rings (SSSR count). The van der Waals surface area contributed by atoms with E-state index in [9.17, 15) is 0 Å². The molecule has 1 aromatic carbocycles. The highest BCUT2D eigenvalue weighted by atomic mass is 15.2. The minimum absolute atomic E-state index is 0.597. The van der Waals surface area contributed by atoms with E-state index in [-0.39, 0.29) is 0 Å². The van der Waals surface area contributed by atoms with Crippen molar-refractivity contribution in [3.63, 3.8) is 0 Å². The van der Waals surface area contributed by atoms with Crippen LogP contribution in [0.2, 0.25) is 0 Å². The van der Waals surface area contributed by atoms with E-state index in [0.717, 1.165) is 23.9 Å². The van der Waals surface area contributed by atoms with Gasteiger partial charge in [0.05, 0.1) is 0 Å². The van der Waals surface area contributed by atoms with Crippen LogP contribution in [0.4, 0.5) is 0 Å². The second kappa shape index (κ2) is 3.62. The fraction of sp³-hybridized carbons (Fsp3) is 0.500. The largest absolute Gasteiger partial charge is 0.349 e. The van der Waals surface area contributed by atoms with Crippen molar-refractivity contribution in [1.29, 1.82) is 5.41 Å². The average molecular weight is 214 g/mol. The molecule has 84 valence electrons. The van der Waals surface area contributed by atoms with Crippen LogP contribution in [0.3, 0.4) is 0 Å². The van der Waals surface area contributed by atoms with Gasteiger partial charge in [-0.3, -0.25) is 5.41 Å². The zero-order valence-corrected chi connectivity index (χ0v) is 9.74. The van der Waals surface area contributed by atoms with E-state index in [1.165, 1.54) is 24.8 Å². The standard InChI is InChI=1S/C14H18N2/c1-10-5-4-8-13(10)16-9-11-6-2-3-7-12(11)14(16)15/h2-3,6-7,10,13,15H,4-5,8-9H2,1H3. The molecule has 1 aromatic rings. The predicted octanol–water partition coefficient (Wildman–Crippen LogP) is 3.02. The quantitative estimate of drug-likeness (QED) is 0.764. The minimum atomic E-state index is 0.597. The maximum absolute atomic E-state index is 8.27. The summed E-state index contributed by atoms with van der Waals surface area (Å²) in [5, 5.41) is 8.27. The Morgan fingerprint density at radius 3 is 2.75 bits per heavy atom. The highest BCUT2D eigenvalue weighted by Crippen LogP contribution is 2.34. The summed E-state index contributed by atoms with van der Waals surface area (Å²) in [6, 6.07) is 8.95. The molecule has 2 heteroatoms. The van der Waals surface area contributed by atoms with Crippen LogP contribution in [0.15, 0.2) is 24.3 Å². The summed E-state index contributed by atoms with van der Waals surface area (Å²) in [4.78, 5) is 2.31. The summed E-state index contributed by atoms with van der Waals surface area (Å²) in [5.74, 6) is 1.49. The van der Waals surface area contributed by atoms with Gasteiger partial charge >= 0.3 is 0 Å². The molecule has 2 aliphatic rings. The first-order chi connectivity index (χ1) is 7.77. The van der Waals surface area contributed by atoms with E-state index >= 15 is 0 Å². The van der Waals surface area contributed by atoms with Crippen molar-refractivity contribution >= 4 is 5.84 Å². The zero-order chi connectivity index (χ0) is 11.1. The number of amidine groups is 1. The van der Waals surface area contributed by atoms with Crippen LogP contribution >= 0.6 is 0 Å². The highest BCUT2D eigenvalue weighted by Gasteiger charge is 2.34. The lowest BCUT2D eigenvalue weighted by Crippen LogP contribution is -2.37. The number of nitrogens with zero attached hydrogens (tertiary/aromatic N) is 1. The fourth-order valence-electron chi connectivity index (χ4n) is 3.18. The highest BCUT2D eigenvalue weighted by molar-refractivity contribution is 6.00. The maximum Gasteiger partial charge on any atom is 0.128 e. The molecule has 0 spiro atoms. The minimum Gasteiger partial charge on any atom is -0.349 e. The first-order valence-corrected chi connectivity index (χ1v) is 6.21. The van der Waals surface area contributed by atoms with Crippen LogP contribution in [0, 0.1) is 11.3 Å². The van der Waals surface area contributed by atoms with E-state index in [0.29, 0.717) is 6.04 Å². The van der Waals surface area contributed by atoms with Gasteiger partial charge < -0.3 is 4.90 Å². The molecule has 0 aromatic heterocycles. The molecule has 1 fully saturated rings. The van der Waals surface area contributed by atoms with Crippen LogP contribution in [-0.2, 0) is 6.54 Å². The van der Waals surface area contributed by atoms with E-state index < -0.39 is 0 Å². The first kappa shape index (κ1) is 9.88. The molecular formula is C14H18N2. The molecule has 1 aliphatic carbocycles. The summed E-state index contributed by atoms with van der Waals surface area (Å²) < 4.78 is 0. The number of hydrogen-bond acceptors (Lipinski definition) is 1. The Morgan fingerprint density at radius 2 is 2.06 bits per heavy atom. The van der Waals surface area contributed by atoms with E-state index in [1.54, 1.807) is 0 Å². The van der Waals surface area contributed by atoms with E-state index in [4.69, 9.17) is 5.41 Å². The lowest BCUT2D eigenvalue weighted by molar-refractivity contribution is 0.266. The summed E-state index contributed by atoms with van der Waals surface area (Å²) >= 11 is 0. The second-order valence-electron chi connectivity index (χ2n) is 5.11. The number of rotatable bonds is 1. The van der Waals surface area contributed by atoms with Crippen molar-refractivity contribution < 1.29 is 0 Å². The van der Waals surface area contributed by atoms with Crippen molar-refractivity contribution in [2.75, 3.05) is 0 Å². The average Bonchev–Trinajstić information content (AvgIpc) is 2.84. The lowest BCUT2D eigenvalue weighted by atomic mass is 10.1. The van der Waals surface area contributed by atoms with Crippen LogP contribution < -0.4 is 0 Å². The molecule has 16 heavy (non-hydrogen) atoms. The van der Waals surface area contributed by atoms with Gasteiger partial charge in [-0.1, -0.05) is 37.6 Å². The third-order valence-electron chi connectivity index (χ3n) is 4.12. The van der Waals surface area contributed by atoms with Crippen molar-refractivity contribution in [2.24, 2.45) is 5.92 Å². The molecule has 1 heterocycles. The number of hydrogen-bond donors (Lipinski definition) is 1. The Hall–Kier alpha value is -1.31. The molecule has 1 aliphatic heterocycles. The molecule has 0 amide bonds. The number of fused-ring (bicyclic) bond motifs is 1. The monoisotopic (exact) mass is 214 g/mol. The molecular weight excluding hydrogens is 196 g/mol. The van der Waals surface area contributed by atoms with Crippen LogP contribution in [0.1, 0.15) is 37.3 Å². The van der Waals surface area contributed by atoms with Crippen molar-refractivity contribution in [2.45, 2.75) is 38.8 Å². The zero-order valence-electron chi connectivity index (χ0n) is 9.74. The summed E-state index contributed by atoms with van der Waals surface area (Å²) in [5.41, 5.74) is 2.47. The van der Waals surface area contributed by atoms with E-state index in [1.807, 2.05) is 6.07 Å². The second-order valence-corrected chi connectivity index (χ2v) is 5.11. The predicted molar refractivity (Wildman–Crippen MR) is 65.6 cm³/mol. The Morgan fingerprint density at radius 1 is 1.25 bits per heavy atom. The molecule has 2 nitrogen and oxygen atoms in total. The summed E-state index contributed by atoms with van der Waals surface area (Å²) in [6.07, 6.45) is 3.91. The van der Waals surface area contributed by atoms with Crippen molar-refractivity contribution in [3.8, 4) is 0 Å². The van der Waals surface area contributed by atoms with Gasteiger partial charge in [-0.25, -0.2) is 0 Å². The summed E-state index contributed by atoms with van der Waals surface area (Å²) in [7, 11) is 0. The van der Waals surface area contributed by atoms with Crippen LogP contribution in [-0.4, -0.2) is 16.8 Å². The Bertz CT molecular complexity index is 424. The molecule has 2 unspecified atom stereocenters. The molecule has 0 radical (unpaired) electrons. The van der Waals surface area contributed by atoms with Gasteiger partial charge in [0.25, 0.3) is 0 Å². The van der Waals surface area contributed by atoms with Gasteiger partial charge in [0.15, 0.2) is 0 Å². The van der Waals surface area contributed by atoms with Gasteiger partial charge in [-0.15, -0.1) is 0 Å². The summed E-state index contributed by atoms with van der Waals surface area (Å²) in [6.45, 7) is 3.28. The van der Waals surface area contributed by atoms with Gasteiger partial charge in [0, 0.05) is 18.2 Å². The number of nitrogens with one attached hydrogen (secondary N) is 1. The third kappa shape index (κ3) is 1.36. The van der Waals surface area contributed by atoms with Gasteiger partial charge in [-0.2, -0.15) is 0 Å².